The highest BCUT2D eigenvalue weighted by atomic mass is 14.8. The summed E-state index contributed by atoms with van der Waals surface area (Å²) in [6.07, 6.45) is 8.58. The van der Waals surface area contributed by atoms with Gasteiger partial charge in [-0.3, -0.25) is 9.98 Å². The molecule has 22 heavy (non-hydrogen) atoms. The second kappa shape index (κ2) is 7.69. The monoisotopic (exact) mass is 290 g/mol. The lowest BCUT2D eigenvalue weighted by Crippen LogP contribution is -2.20. The van der Waals surface area contributed by atoms with E-state index in [-0.39, 0.29) is 0 Å². The molecule has 2 aromatic rings. The smallest absolute Gasteiger partial charge is 0.0501 e. The zero-order chi connectivity index (χ0) is 15.0. The molecular weight excluding hydrogens is 268 g/mol. The van der Waals surface area contributed by atoms with Crippen LogP contribution in [0.25, 0.3) is 0 Å². The van der Waals surface area contributed by atoms with Gasteiger partial charge in [0.05, 0.1) is 12.1 Å². The third-order valence-electron chi connectivity index (χ3n) is 4.13. The first-order valence-corrected chi connectivity index (χ1v) is 8.06. The summed E-state index contributed by atoms with van der Waals surface area (Å²) in [5.41, 5.74) is 2.37. The van der Waals surface area contributed by atoms with Crippen molar-refractivity contribution >= 4 is 12.4 Å². The fourth-order valence-corrected chi connectivity index (χ4v) is 2.82. The van der Waals surface area contributed by atoms with Crippen molar-refractivity contribution in [1.29, 1.82) is 0 Å². The van der Waals surface area contributed by atoms with Crippen LogP contribution in [0.4, 0.5) is 0 Å². The summed E-state index contributed by atoms with van der Waals surface area (Å²) in [4.78, 5) is 9.46. The highest BCUT2D eigenvalue weighted by Gasteiger charge is 2.19. The molecule has 1 fully saturated rings. The van der Waals surface area contributed by atoms with Crippen molar-refractivity contribution in [3.63, 3.8) is 0 Å². The van der Waals surface area contributed by atoms with Crippen molar-refractivity contribution in [3.8, 4) is 0 Å². The van der Waals surface area contributed by atoms with Crippen molar-refractivity contribution in [1.82, 2.24) is 0 Å². The Morgan fingerprint density at radius 2 is 0.955 bits per heavy atom. The molecular formula is C20H22N2. The number of rotatable bonds is 4. The highest BCUT2D eigenvalue weighted by Crippen LogP contribution is 2.23. The van der Waals surface area contributed by atoms with E-state index in [1.165, 1.54) is 11.1 Å². The van der Waals surface area contributed by atoms with Crippen LogP contribution in [-0.4, -0.2) is 24.5 Å². The van der Waals surface area contributed by atoms with Crippen molar-refractivity contribution in [2.75, 3.05) is 0 Å². The topological polar surface area (TPSA) is 24.7 Å². The number of benzene rings is 2. The average Bonchev–Trinajstić information content (AvgIpc) is 2.61. The van der Waals surface area contributed by atoms with Crippen LogP contribution in [-0.2, 0) is 0 Å². The van der Waals surface area contributed by atoms with Crippen LogP contribution in [0.1, 0.15) is 36.8 Å². The molecule has 0 aliphatic heterocycles. The second-order valence-corrected chi connectivity index (χ2v) is 5.84. The van der Waals surface area contributed by atoms with E-state index in [4.69, 9.17) is 9.98 Å². The van der Waals surface area contributed by atoms with Gasteiger partial charge in [-0.15, -0.1) is 0 Å². The molecule has 1 aliphatic carbocycles. The standard InChI is InChI=1S/C20H22N2/c1-3-7-17(8-4-1)15-21-19-11-13-20(14-12-19)22-16-18-9-5-2-6-10-18/h1-10,15-16,19-20H,11-14H2/b21-15+,22-16+. The predicted octanol–water partition coefficient (Wildman–Crippen LogP) is 4.54. The van der Waals surface area contributed by atoms with Gasteiger partial charge in [0.15, 0.2) is 0 Å². The molecule has 0 radical (unpaired) electrons. The van der Waals surface area contributed by atoms with E-state index in [1.807, 2.05) is 24.6 Å². The summed E-state index contributed by atoms with van der Waals surface area (Å²) >= 11 is 0. The lowest BCUT2D eigenvalue weighted by molar-refractivity contribution is 0.399. The number of hydrogen-bond donors (Lipinski definition) is 0. The van der Waals surface area contributed by atoms with Gasteiger partial charge in [0.1, 0.15) is 0 Å². The first kappa shape index (κ1) is 14.7. The molecule has 0 heterocycles. The zero-order valence-electron chi connectivity index (χ0n) is 12.8. The fourth-order valence-electron chi connectivity index (χ4n) is 2.82. The molecule has 0 atom stereocenters. The molecule has 1 aliphatic rings. The SMILES string of the molecule is C(=N\C1CCC(/N=C/c2ccccc2)CC1)/c1ccccc1. The maximum absolute atomic E-state index is 4.73. The first-order valence-electron chi connectivity index (χ1n) is 8.06. The Morgan fingerprint density at radius 3 is 1.32 bits per heavy atom. The normalized spacial score (nSPS) is 22.4. The Hall–Kier alpha value is -2.22. The van der Waals surface area contributed by atoms with Crippen LogP contribution in [0.2, 0.25) is 0 Å². The third-order valence-corrected chi connectivity index (χ3v) is 4.13. The van der Waals surface area contributed by atoms with E-state index < -0.39 is 0 Å². The summed E-state index contributed by atoms with van der Waals surface area (Å²) < 4.78 is 0. The summed E-state index contributed by atoms with van der Waals surface area (Å²) in [7, 11) is 0. The minimum atomic E-state index is 0.461. The van der Waals surface area contributed by atoms with Crippen molar-refractivity contribution in [3.05, 3.63) is 71.8 Å². The molecule has 0 bridgehead atoms. The molecule has 2 aromatic carbocycles. The predicted molar refractivity (Wildman–Crippen MR) is 94.1 cm³/mol. The molecule has 0 aromatic heterocycles. The molecule has 0 unspecified atom stereocenters. The molecule has 0 saturated heterocycles. The van der Waals surface area contributed by atoms with Crippen LogP contribution < -0.4 is 0 Å². The van der Waals surface area contributed by atoms with Crippen LogP contribution in [0.5, 0.6) is 0 Å². The molecule has 1 saturated carbocycles. The average molecular weight is 290 g/mol. The maximum Gasteiger partial charge on any atom is 0.0501 e. The minimum Gasteiger partial charge on any atom is -0.289 e. The Kier molecular flexibility index (Phi) is 5.14. The first-order chi connectivity index (χ1) is 10.9. The van der Waals surface area contributed by atoms with Gasteiger partial charge in [-0.25, -0.2) is 0 Å². The minimum absolute atomic E-state index is 0.461. The van der Waals surface area contributed by atoms with Gasteiger partial charge in [0, 0.05) is 12.4 Å². The molecule has 2 heteroatoms. The zero-order valence-corrected chi connectivity index (χ0v) is 12.8. The van der Waals surface area contributed by atoms with E-state index in [9.17, 15) is 0 Å². The lowest BCUT2D eigenvalue weighted by atomic mass is 9.92. The number of aliphatic imine (C=N–C) groups is 2. The van der Waals surface area contributed by atoms with Gasteiger partial charge in [-0.1, -0.05) is 60.7 Å². The quantitative estimate of drug-likeness (QED) is 0.739. The summed E-state index contributed by atoms with van der Waals surface area (Å²) in [5, 5.41) is 0. The Balaban J connectivity index is 1.48. The van der Waals surface area contributed by atoms with E-state index in [1.54, 1.807) is 0 Å². The summed E-state index contributed by atoms with van der Waals surface area (Å²) in [6.45, 7) is 0. The second-order valence-electron chi connectivity index (χ2n) is 5.84. The molecule has 3 rings (SSSR count). The largest absolute Gasteiger partial charge is 0.289 e. The van der Waals surface area contributed by atoms with Gasteiger partial charge in [-0.05, 0) is 36.8 Å². The molecule has 0 N–H and O–H groups in total. The fraction of sp³-hybridized carbons (Fsp3) is 0.300. The van der Waals surface area contributed by atoms with Gasteiger partial charge in [-0.2, -0.15) is 0 Å². The van der Waals surface area contributed by atoms with Crippen LogP contribution in [0.15, 0.2) is 70.6 Å². The van der Waals surface area contributed by atoms with Crippen LogP contribution in [0, 0.1) is 0 Å². The van der Waals surface area contributed by atoms with Crippen molar-refractivity contribution in [2.24, 2.45) is 9.98 Å². The van der Waals surface area contributed by atoms with Crippen LogP contribution in [0.3, 0.4) is 0 Å². The molecule has 2 nitrogen and oxygen atoms in total. The van der Waals surface area contributed by atoms with E-state index in [0.29, 0.717) is 12.1 Å². The van der Waals surface area contributed by atoms with E-state index in [0.717, 1.165) is 25.7 Å². The molecule has 0 spiro atoms. The highest BCUT2D eigenvalue weighted by molar-refractivity contribution is 5.80. The van der Waals surface area contributed by atoms with E-state index >= 15 is 0 Å². The molecule has 0 amide bonds. The summed E-state index contributed by atoms with van der Waals surface area (Å²) in [6, 6.07) is 21.6. The Bertz CT molecular complexity index is 551. The number of hydrogen-bond acceptors (Lipinski definition) is 2. The van der Waals surface area contributed by atoms with Crippen molar-refractivity contribution < 1.29 is 0 Å². The van der Waals surface area contributed by atoms with Gasteiger partial charge >= 0.3 is 0 Å². The van der Waals surface area contributed by atoms with Gasteiger partial charge in [0.2, 0.25) is 0 Å². The van der Waals surface area contributed by atoms with E-state index in [2.05, 4.69) is 48.5 Å². The van der Waals surface area contributed by atoms with Gasteiger partial charge < -0.3 is 0 Å². The third kappa shape index (κ3) is 4.39. The van der Waals surface area contributed by atoms with Gasteiger partial charge in [0.25, 0.3) is 0 Å². The van der Waals surface area contributed by atoms with Crippen molar-refractivity contribution in [2.45, 2.75) is 37.8 Å². The summed E-state index contributed by atoms with van der Waals surface area (Å²) in [5.74, 6) is 0. The maximum atomic E-state index is 4.73. The Morgan fingerprint density at radius 1 is 0.591 bits per heavy atom. The van der Waals surface area contributed by atoms with Crippen LogP contribution >= 0.6 is 0 Å². The lowest BCUT2D eigenvalue weighted by Gasteiger charge is -2.23. The molecule has 112 valence electrons. The Labute approximate surface area is 132 Å². The number of nitrogens with zero attached hydrogens (tertiary/aromatic N) is 2.